The molecule has 0 aromatic heterocycles. The molecule has 18 heavy (non-hydrogen) atoms. The Bertz CT molecular complexity index is 438. The predicted octanol–water partition coefficient (Wildman–Crippen LogP) is 3.23. The maximum absolute atomic E-state index is 13.9. The first-order valence-corrected chi connectivity index (χ1v) is 5.67. The van der Waals surface area contributed by atoms with E-state index in [0.29, 0.717) is 0 Å². The van der Waals surface area contributed by atoms with Gasteiger partial charge in [-0.2, -0.15) is 0 Å². The van der Waals surface area contributed by atoms with E-state index in [-0.39, 0.29) is 11.3 Å². The third-order valence-corrected chi connectivity index (χ3v) is 2.11. The van der Waals surface area contributed by atoms with Crippen LogP contribution in [0.25, 0.3) is 0 Å². The summed E-state index contributed by atoms with van der Waals surface area (Å²) < 4.78 is 18.9. The van der Waals surface area contributed by atoms with E-state index >= 15 is 0 Å². The molecule has 1 amide bonds. The molecule has 0 aliphatic rings. The predicted molar refractivity (Wildman–Crippen MR) is 66.9 cm³/mol. The number of aliphatic hydroxyl groups excluding tert-OH is 1. The van der Waals surface area contributed by atoms with E-state index in [2.05, 4.69) is 5.32 Å². The van der Waals surface area contributed by atoms with Gasteiger partial charge >= 0.3 is 6.09 Å². The van der Waals surface area contributed by atoms with Crippen LogP contribution in [0.15, 0.2) is 18.2 Å². The van der Waals surface area contributed by atoms with Gasteiger partial charge in [-0.05, 0) is 33.8 Å². The van der Waals surface area contributed by atoms with Crippen molar-refractivity contribution in [2.45, 2.75) is 39.4 Å². The van der Waals surface area contributed by atoms with E-state index in [9.17, 15) is 14.3 Å². The number of aliphatic hydroxyl groups is 1. The fourth-order valence-corrected chi connectivity index (χ4v) is 1.38. The Kier molecular flexibility index (Phi) is 4.29. The Morgan fingerprint density at radius 3 is 2.56 bits per heavy atom. The van der Waals surface area contributed by atoms with Crippen molar-refractivity contribution in [3.05, 3.63) is 29.6 Å². The highest BCUT2D eigenvalue weighted by molar-refractivity contribution is 5.85. The molecule has 1 unspecified atom stereocenters. The van der Waals surface area contributed by atoms with Crippen molar-refractivity contribution < 1.29 is 19.0 Å². The smallest absolute Gasteiger partial charge is 0.412 e. The number of carbonyl (C=O) groups excluding carboxylic acids is 1. The Hall–Kier alpha value is -1.62. The summed E-state index contributed by atoms with van der Waals surface area (Å²) in [6.45, 7) is 6.61. The summed E-state index contributed by atoms with van der Waals surface area (Å²) in [6, 6.07) is 4.42. The molecule has 0 aliphatic heterocycles. The normalized spacial score (nSPS) is 13.0. The van der Waals surface area contributed by atoms with Crippen LogP contribution < -0.4 is 5.32 Å². The van der Waals surface area contributed by atoms with Gasteiger partial charge in [-0.25, -0.2) is 9.18 Å². The van der Waals surface area contributed by atoms with Gasteiger partial charge < -0.3 is 9.84 Å². The molecule has 100 valence electrons. The number of hydrogen-bond donors (Lipinski definition) is 2. The molecule has 0 saturated carbocycles. The van der Waals surface area contributed by atoms with Crippen molar-refractivity contribution in [2.24, 2.45) is 0 Å². The lowest BCUT2D eigenvalue weighted by molar-refractivity contribution is 0.0635. The van der Waals surface area contributed by atoms with Gasteiger partial charge in [-0.3, -0.25) is 5.32 Å². The van der Waals surface area contributed by atoms with Crippen LogP contribution in [0, 0.1) is 5.82 Å². The van der Waals surface area contributed by atoms with Gasteiger partial charge in [0, 0.05) is 5.56 Å². The zero-order valence-corrected chi connectivity index (χ0v) is 11.0. The number of anilines is 1. The molecule has 1 aromatic carbocycles. The van der Waals surface area contributed by atoms with Gasteiger partial charge in [0.25, 0.3) is 0 Å². The molecule has 4 nitrogen and oxygen atoms in total. The highest BCUT2D eigenvalue weighted by Crippen LogP contribution is 2.23. The van der Waals surface area contributed by atoms with Gasteiger partial charge in [-0.1, -0.05) is 12.1 Å². The van der Waals surface area contributed by atoms with Crippen molar-refractivity contribution in [2.75, 3.05) is 5.32 Å². The zero-order chi connectivity index (χ0) is 13.9. The van der Waals surface area contributed by atoms with Gasteiger partial charge in [-0.15, -0.1) is 0 Å². The van der Waals surface area contributed by atoms with Gasteiger partial charge in [0.15, 0.2) is 5.82 Å². The van der Waals surface area contributed by atoms with Gasteiger partial charge in [0.1, 0.15) is 5.60 Å². The highest BCUT2D eigenvalue weighted by atomic mass is 19.1. The molecule has 0 aliphatic carbocycles. The number of carbonyl (C=O) groups is 1. The van der Waals surface area contributed by atoms with E-state index < -0.39 is 23.6 Å². The first kappa shape index (κ1) is 14.4. The Morgan fingerprint density at radius 2 is 2.06 bits per heavy atom. The minimum Gasteiger partial charge on any atom is -0.444 e. The van der Waals surface area contributed by atoms with Crippen LogP contribution in [0.4, 0.5) is 14.9 Å². The SMILES string of the molecule is CC(O)c1cccc(NC(=O)OC(C)(C)C)c1F. The van der Waals surface area contributed by atoms with Gasteiger partial charge in [0.05, 0.1) is 11.8 Å². The molecule has 2 N–H and O–H groups in total. The monoisotopic (exact) mass is 255 g/mol. The fraction of sp³-hybridized carbons (Fsp3) is 0.462. The van der Waals surface area contributed by atoms with Crippen LogP contribution in [0.3, 0.4) is 0 Å². The second-order valence-corrected chi connectivity index (χ2v) is 5.01. The number of nitrogens with one attached hydrogen (secondary N) is 1. The lowest BCUT2D eigenvalue weighted by atomic mass is 10.1. The highest BCUT2D eigenvalue weighted by Gasteiger charge is 2.18. The Labute approximate surface area is 106 Å². The molecule has 0 bridgehead atoms. The van der Waals surface area contributed by atoms with Crippen molar-refractivity contribution in [1.29, 1.82) is 0 Å². The fourth-order valence-electron chi connectivity index (χ4n) is 1.38. The third-order valence-electron chi connectivity index (χ3n) is 2.11. The molecule has 0 radical (unpaired) electrons. The first-order valence-electron chi connectivity index (χ1n) is 5.67. The summed E-state index contributed by atoms with van der Waals surface area (Å²) in [5.74, 6) is -0.654. The minimum absolute atomic E-state index is 0.0114. The molecule has 0 heterocycles. The molecule has 1 aromatic rings. The molecule has 0 fully saturated rings. The summed E-state index contributed by atoms with van der Waals surface area (Å²) in [5, 5.41) is 11.7. The lowest BCUT2D eigenvalue weighted by Crippen LogP contribution is -2.27. The second-order valence-electron chi connectivity index (χ2n) is 5.01. The molecular formula is C13H18FNO3. The topological polar surface area (TPSA) is 58.6 Å². The van der Waals surface area contributed by atoms with Crippen molar-refractivity contribution >= 4 is 11.8 Å². The first-order chi connectivity index (χ1) is 8.20. The van der Waals surface area contributed by atoms with Crippen molar-refractivity contribution in [3.63, 3.8) is 0 Å². The molecule has 5 heteroatoms. The molecule has 1 rings (SSSR count). The molecule has 1 atom stereocenters. The quantitative estimate of drug-likeness (QED) is 0.853. The Morgan fingerprint density at radius 1 is 1.44 bits per heavy atom. The zero-order valence-electron chi connectivity index (χ0n) is 11.0. The third kappa shape index (κ3) is 4.00. The second kappa shape index (κ2) is 5.35. The van der Waals surface area contributed by atoms with E-state index in [1.807, 2.05) is 0 Å². The summed E-state index contributed by atoms with van der Waals surface area (Å²) >= 11 is 0. The van der Waals surface area contributed by atoms with Crippen LogP contribution >= 0.6 is 0 Å². The van der Waals surface area contributed by atoms with Gasteiger partial charge in [0.2, 0.25) is 0 Å². The van der Waals surface area contributed by atoms with Crippen molar-refractivity contribution in [3.8, 4) is 0 Å². The molecular weight excluding hydrogens is 237 g/mol. The summed E-state index contributed by atoms with van der Waals surface area (Å²) in [5.41, 5.74) is -0.533. The lowest BCUT2D eigenvalue weighted by Gasteiger charge is -2.20. The number of halogens is 1. The summed E-state index contributed by atoms with van der Waals surface area (Å²) in [7, 11) is 0. The Balaban J connectivity index is 2.86. The number of amides is 1. The minimum atomic E-state index is -0.939. The van der Waals surface area contributed by atoms with Crippen LogP contribution in [0.1, 0.15) is 39.4 Å². The van der Waals surface area contributed by atoms with E-state index in [4.69, 9.17) is 4.74 Å². The molecule has 0 saturated heterocycles. The average molecular weight is 255 g/mol. The van der Waals surface area contributed by atoms with E-state index in [1.165, 1.54) is 19.1 Å². The standard InChI is InChI=1S/C13H18FNO3/c1-8(16)9-6-5-7-10(11(9)14)15-12(17)18-13(2,3)4/h5-8,16H,1-4H3,(H,15,17). The number of rotatable bonds is 2. The maximum atomic E-state index is 13.9. The van der Waals surface area contributed by atoms with Crippen LogP contribution in [0.5, 0.6) is 0 Å². The number of benzene rings is 1. The van der Waals surface area contributed by atoms with Crippen LogP contribution in [0.2, 0.25) is 0 Å². The summed E-state index contributed by atoms with van der Waals surface area (Å²) in [4.78, 5) is 11.5. The molecule has 0 spiro atoms. The van der Waals surface area contributed by atoms with E-state index in [1.54, 1.807) is 26.8 Å². The maximum Gasteiger partial charge on any atom is 0.412 e. The van der Waals surface area contributed by atoms with Crippen molar-refractivity contribution in [1.82, 2.24) is 0 Å². The van der Waals surface area contributed by atoms with Crippen LogP contribution in [-0.2, 0) is 4.74 Å². The average Bonchev–Trinajstić information content (AvgIpc) is 2.17. The number of hydrogen-bond acceptors (Lipinski definition) is 3. The van der Waals surface area contributed by atoms with Crippen LogP contribution in [-0.4, -0.2) is 16.8 Å². The van der Waals surface area contributed by atoms with E-state index in [0.717, 1.165) is 0 Å². The number of ether oxygens (including phenoxy) is 1. The largest absolute Gasteiger partial charge is 0.444 e. The summed E-state index contributed by atoms with van der Waals surface area (Å²) in [6.07, 6.45) is -1.67.